The van der Waals surface area contributed by atoms with Crippen LogP contribution in [0.3, 0.4) is 0 Å². The zero-order valence-electron chi connectivity index (χ0n) is 9.72. The van der Waals surface area contributed by atoms with Crippen LogP contribution in [0.4, 0.5) is 5.69 Å². The molecule has 2 N–H and O–H groups in total. The van der Waals surface area contributed by atoms with Gasteiger partial charge in [-0.3, -0.25) is 4.98 Å². The molecule has 0 saturated carbocycles. The maximum atomic E-state index is 11.0. The minimum absolute atomic E-state index is 0.229. The van der Waals surface area contributed by atoms with Crippen molar-refractivity contribution in [1.82, 2.24) is 4.98 Å². The van der Waals surface area contributed by atoms with Gasteiger partial charge in [0.05, 0.1) is 23.6 Å². The highest BCUT2D eigenvalue weighted by atomic mass is 16.5. The fraction of sp³-hybridized carbons (Fsp3) is 0.500. The van der Waals surface area contributed by atoms with Gasteiger partial charge < -0.3 is 15.2 Å². The topological polar surface area (TPSA) is 71.5 Å². The lowest BCUT2D eigenvalue weighted by atomic mass is 10.0. The number of aromatic carboxylic acids is 1. The summed E-state index contributed by atoms with van der Waals surface area (Å²) in [4.78, 5) is 14.9. The second kappa shape index (κ2) is 5.14. The number of ether oxygens (including phenoxy) is 1. The number of hydrogen-bond donors (Lipinski definition) is 2. The molecular formula is C12H16N2O3. The lowest BCUT2D eigenvalue weighted by Gasteiger charge is -2.16. The highest BCUT2D eigenvalue weighted by molar-refractivity contribution is 5.93. The van der Waals surface area contributed by atoms with Crippen molar-refractivity contribution in [2.75, 3.05) is 18.5 Å². The van der Waals surface area contributed by atoms with Crippen molar-refractivity contribution in [2.45, 2.75) is 19.4 Å². The molecule has 92 valence electrons. The van der Waals surface area contributed by atoms with Crippen LogP contribution >= 0.6 is 0 Å². The molecule has 0 radical (unpaired) electrons. The second-order valence-corrected chi connectivity index (χ2v) is 4.23. The smallest absolute Gasteiger partial charge is 0.337 e. The van der Waals surface area contributed by atoms with Crippen LogP contribution in [0.25, 0.3) is 0 Å². The van der Waals surface area contributed by atoms with Crippen LogP contribution < -0.4 is 5.32 Å². The maximum absolute atomic E-state index is 11.0. The van der Waals surface area contributed by atoms with E-state index in [9.17, 15) is 4.79 Å². The first-order chi connectivity index (χ1) is 8.18. The minimum Gasteiger partial charge on any atom is -0.478 e. The van der Waals surface area contributed by atoms with Crippen LogP contribution in [0.2, 0.25) is 0 Å². The van der Waals surface area contributed by atoms with Crippen molar-refractivity contribution < 1.29 is 14.6 Å². The molecule has 0 amide bonds. The van der Waals surface area contributed by atoms with Gasteiger partial charge in [0.25, 0.3) is 0 Å². The standard InChI is InChI=1S/C12H16N2O3/c1-8-9(3-5-17-8)6-14-11-7-13-4-2-10(11)12(15)16/h2,4,7-9,14H,3,5-6H2,1H3,(H,15,16). The predicted octanol–water partition coefficient (Wildman–Crippen LogP) is 1.62. The van der Waals surface area contributed by atoms with E-state index in [0.29, 0.717) is 18.2 Å². The third-order valence-corrected chi connectivity index (χ3v) is 3.14. The highest BCUT2D eigenvalue weighted by Crippen LogP contribution is 2.22. The number of nitrogens with one attached hydrogen (secondary N) is 1. The van der Waals surface area contributed by atoms with E-state index in [1.807, 2.05) is 6.92 Å². The molecule has 0 spiro atoms. The Balaban J connectivity index is 2.01. The molecular weight excluding hydrogens is 220 g/mol. The molecule has 2 heterocycles. The van der Waals surface area contributed by atoms with E-state index >= 15 is 0 Å². The Bertz CT molecular complexity index is 408. The Morgan fingerprint density at radius 2 is 2.53 bits per heavy atom. The van der Waals surface area contributed by atoms with Gasteiger partial charge in [-0.15, -0.1) is 0 Å². The molecule has 2 unspecified atom stereocenters. The summed E-state index contributed by atoms with van der Waals surface area (Å²) in [5.74, 6) is -0.512. The summed E-state index contributed by atoms with van der Waals surface area (Å²) in [6.07, 6.45) is 4.27. The number of carbonyl (C=O) groups is 1. The number of nitrogens with zero attached hydrogens (tertiary/aromatic N) is 1. The number of pyridine rings is 1. The van der Waals surface area contributed by atoms with E-state index in [2.05, 4.69) is 10.3 Å². The normalized spacial score (nSPS) is 23.6. The fourth-order valence-electron chi connectivity index (χ4n) is 2.01. The minimum atomic E-state index is -0.939. The van der Waals surface area contributed by atoms with Crippen LogP contribution in [0, 0.1) is 5.92 Å². The third-order valence-electron chi connectivity index (χ3n) is 3.14. The molecule has 0 bridgehead atoms. The summed E-state index contributed by atoms with van der Waals surface area (Å²) in [7, 11) is 0. The summed E-state index contributed by atoms with van der Waals surface area (Å²) in [6, 6.07) is 1.50. The molecule has 2 rings (SSSR count). The summed E-state index contributed by atoms with van der Waals surface area (Å²) in [5.41, 5.74) is 0.825. The molecule has 0 aliphatic carbocycles. The molecule has 1 aromatic heterocycles. The summed E-state index contributed by atoms with van der Waals surface area (Å²) < 4.78 is 5.46. The Labute approximate surface area is 99.8 Å². The number of hydrogen-bond acceptors (Lipinski definition) is 4. The van der Waals surface area contributed by atoms with Crippen LogP contribution in [0.1, 0.15) is 23.7 Å². The Hall–Kier alpha value is -1.62. The first-order valence-corrected chi connectivity index (χ1v) is 5.71. The number of carboxylic acid groups (broad SMARTS) is 1. The van der Waals surface area contributed by atoms with Gasteiger partial charge in [-0.05, 0) is 19.4 Å². The van der Waals surface area contributed by atoms with Gasteiger partial charge in [-0.25, -0.2) is 4.79 Å². The molecule has 2 atom stereocenters. The lowest BCUT2D eigenvalue weighted by molar-refractivity contribution is 0.0698. The number of anilines is 1. The number of rotatable bonds is 4. The van der Waals surface area contributed by atoms with Crippen molar-refractivity contribution >= 4 is 11.7 Å². The van der Waals surface area contributed by atoms with Crippen molar-refractivity contribution in [3.63, 3.8) is 0 Å². The van der Waals surface area contributed by atoms with Gasteiger partial charge in [0.2, 0.25) is 0 Å². The van der Waals surface area contributed by atoms with Gasteiger partial charge in [0, 0.05) is 25.3 Å². The van der Waals surface area contributed by atoms with Gasteiger partial charge in [0.1, 0.15) is 0 Å². The second-order valence-electron chi connectivity index (χ2n) is 4.23. The van der Waals surface area contributed by atoms with E-state index in [0.717, 1.165) is 13.0 Å². The van der Waals surface area contributed by atoms with Gasteiger partial charge >= 0.3 is 5.97 Å². The fourth-order valence-corrected chi connectivity index (χ4v) is 2.01. The third kappa shape index (κ3) is 2.74. The van der Waals surface area contributed by atoms with E-state index in [4.69, 9.17) is 9.84 Å². The average molecular weight is 236 g/mol. The molecule has 1 aromatic rings. The predicted molar refractivity (Wildman–Crippen MR) is 63.2 cm³/mol. The number of carboxylic acids is 1. The molecule has 5 nitrogen and oxygen atoms in total. The maximum Gasteiger partial charge on any atom is 0.337 e. The molecule has 1 fully saturated rings. The highest BCUT2D eigenvalue weighted by Gasteiger charge is 2.24. The quantitative estimate of drug-likeness (QED) is 0.831. The Kier molecular flexibility index (Phi) is 3.58. The first-order valence-electron chi connectivity index (χ1n) is 5.71. The van der Waals surface area contributed by atoms with E-state index in [-0.39, 0.29) is 11.7 Å². The SMILES string of the molecule is CC1OCCC1CNc1cnccc1C(=O)O. The summed E-state index contributed by atoms with van der Waals surface area (Å²) in [6.45, 7) is 3.54. The molecule has 0 aromatic carbocycles. The van der Waals surface area contributed by atoms with Crippen molar-refractivity contribution in [1.29, 1.82) is 0 Å². The van der Waals surface area contributed by atoms with Gasteiger partial charge in [-0.1, -0.05) is 0 Å². The zero-order chi connectivity index (χ0) is 12.3. The molecule has 1 aliphatic heterocycles. The van der Waals surface area contributed by atoms with Crippen LogP contribution in [-0.2, 0) is 4.74 Å². The van der Waals surface area contributed by atoms with Crippen LogP contribution in [0.5, 0.6) is 0 Å². The Morgan fingerprint density at radius 1 is 1.71 bits per heavy atom. The van der Waals surface area contributed by atoms with Crippen molar-refractivity contribution in [3.05, 3.63) is 24.0 Å². The molecule has 5 heteroatoms. The molecule has 1 aliphatic rings. The van der Waals surface area contributed by atoms with Gasteiger partial charge in [-0.2, -0.15) is 0 Å². The number of aromatic nitrogens is 1. The van der Waals surface area contributed by atoms with Crippen LogP contribution in [-0.4, -0.2) is 35.3 Å². The van der Waals surface area contributed by atoms with E-state index in [1.54, 1.807) is 6.20 Å². The van der Waals surface area contributed by atoms with Crippen molar-refractivity contribution in [2.24, 2.45) is 5.92 Å². The average Bonchev–Trinajstić information content (AvgIpc) is 2.72. The largest absolute Gasteiger partial charge is 0.478 e. The Morgan fingerprint density at radius 3 is 3.18 bits per heavy atom. The summed E-state index contributed by atoms with van der Waals surface area (Å²) in [5, 5.41) is 12.2. The van der Waals surface area contributed by atoms with Crippen LogP contribution in [0.15, 0.2) is 18.5 Å². The first kappa shape index (κ1) is 11.9. The molecule has 17 heavy (non-hydrogen) atoms. The monoisotopic (exact) mass is 236 g/mol. The van der Waals surface area contributed by atoms with E-state index in [1.165, 1.54) is 12.3 Å². The van der Waals surface area contributed by atoms with Gasteiger partial charge in [0.15, 0.2) is 0 Å². The zero-order valence-corrected chi connectivity index (χ0v) is 9.72. The summed E-state index contributed by atoms with van der Waals surface area (Å²) >= 11 is 0. The molecule has 1 saturated heterocycles. The van der Waals surface area contributed by atoms with Crippen molar-refractivity contribution in [3.8, 4) is 0 Å². The van der Waals surface area contributed by atoms with E-state index < -0.39 is 5.97 Å². The lowest BCUT2D eigenvalue weighted by Crippen LogP contribution is -2.21.